The van der Waals surface area contributed by atoms with Crippen LogP contribution in [-0.2, 0) is 11.2 Å². The van der Waals surface area contributed by atoms with Crippen LogP contribution < -0.4 is 15.3 Å². The van der Waals surface area contributed by atoms with Gasteiger partial charge in [-0.05, 0) is 49.1 Å². The average molecular weight is 776 g/mol. The zero-order valence-electron chi connectivity index (χ0n) is 27.8. The van der Waals surface area contributed by atoms with Gasteiger partial charge in [0.05, 0.1) is 11.0 Å². The Bertz CT molecular complexity index is 2050. The molecule has 16 nitrogen and oxygen atoms in total. The molecule has 2 saturated heterocycles. The molecule has 0 saturated carbocycles. The Labute approximate surface area is 308 Å². The summed E-state index contributed by atoms with van der Waals surface area (Å²) in [5.41, 5.74) is -1.38. The molecule has 6 rings (SSSR count). The van der Waals surface area contributed by atoms with Crippen LogP contribution in [0.25, 0.3) is 0 Å². The molecule has 3 aromatic carbocycles. The fourth-order valence-corrected chi connectivity index (χ4v) is 6.94. The summed E-state index contributed by atoms with van der Waals surface area (Å²) in [5, 5.41) is 53.8. The molecule has 0 bridgehead atoms. The van der Waals surface area contributed by atoms with Gasteiger partial charge in [-0.1, -0.05) is 17.7 Å². The molecule has 2 fully saturated rings. The van der Waals surface area contributed by atoms with E-state index in [1.807, 2.05) is 0 Å². The topological polar surface area (TPSA) is 230 Å². The normalized spacial score (nSPS) is 17.9. The molecule has 54 heavy (non-hydrogen) atoms. The van der Waals surface area contributed by atoms with Gasteiger partial charge in [0.1, 0.15) is 34.7 Å². The molecule has 3 aliphatic rings. The highest BCUT2D eigenvalue weighted by molar-refractivity contribution is 6.47. The van der Waals surface area contributed by atoms with Crippen molar-refractivity contribution in [3.8, 4) is 23.0 Å². The van der Waals surface area contributed by atoms with Gasteiger partial charge in [0.2, 0.25) is 5.91 Å². The number of aromatic hydroxyl groups is 3. The summed E-state index contributed by atoms with van der Waals surface area (Å²) in [5.74, 6) is -11.4. The number of carbonyl (C=O) groups is 5. The zero-order chi connectivity index (χ0) is 39.2. The van der Waals surface area contributed by atoms with Gasteiger partial charge in [-0.2, -0.15) is 0 Å². The quantitative estimate of drug-likeness (QED) is 0.136. The van der Waals surface area contributed by atoms with Gasteiger partial charge in [0, 0.05) is 49.4 Å². The number of hydrogen-bond donors (Lipinski definition) is 7. The smallest absolute Gasteiger partial charge is 0.534 e. The summed E-state index contributed by atoms with van der Waals surface area (Å²) in [4.78, 5) is 69.0. The van der Waals surface area contributed by atoms with E-state index in [1.54, 1.807) is 0 Å². The van der Waals surface area contributed by atoms with E-state index >= 15 is 0 Å². The van der Waals surface area contributed by atoms with Crippen LogP contribution in [0, 0.1) is 17.5 Å². The maximum atomic E-state index is 14.7. The first-order valence-corrected chi connectivity index (χ1v) is 16.7. The summed E-state index contributed by atoms with van der Waals surface area (Å²) < 4.78 is 47.9. The number of urea groups is 2. The molecule has 0 spiro atoms. The number of rotatable bonds is 7. The van der Waals surface area contributed by atoms with Crippen LogP contribution >= 0.6 is 11.6 Å². The predicted molar refractivity (Wildman–Crippen MR) is 179 cm³/mol. The minimum Gasteiger partial charge on any atom is -0.534 e. The van der Waals surface area contributed by atoms with E-state index in [2.05, 4.69) is 10.6 Å². The standard InChI is InChI=1S/C33H30BClF3N5O11/c35-24-19(13-21(38)26(45)27(24)46)25(29(47)39-22-11-14-1-2-20(37)23(31(49)50)28(14)54-34(22)53)40-32(51)43-8-7-42(33(43)52)17-3-5-41(6-4-17)30(48)15-9-16(36)12-18(44)10-15/h1-2,9-10,12-13,17,22,25,44-46,53H,3-8,11H2,(H,39,47)(H,40,51)(H,49,50)/t22-,25+/m0/s1. The number of likely N-dealkylation sites (tertiary alicyclic amines) is 1. The first-order chi connectivity index (χ1) is 25.5. The van der Waals surface area contributed by atoms with Gasteiger partial charge in [0.15, 0.2) is 17.3 Å². The van der Waals surface area contributed by atoms with Crippen molar-refractivity contribution in [2.24, 2.45) is 0 Å². The van der Waals surface area contributed by atoms with Gasteiger partial charge in [-0.25, -0.2) is 32.5 Å². The molecule has 0 aliphatic carbocycles. The number of halogens is 4. The molecule has 3 aromatic rings. The third-order valence-corrected chi connectivity index (χ3v) is 9.79. The highest BCUT2D eigenvalue weighted by Gasteiger charge is 2.43. The van der Waals surface area contributed by atoms with Crippen molar-refractivity contribution in [2.75, 3.05) is 26.2 Å². The van der Waals surface area contributed by atoms with E-state index in [-0.39, 0.29) is 56.6 Å². The highest BCUT2D eigenvalue weighted by Crippen LogP contribution is 2.41. The molecule has 6 amide bonds. The number of imide groups is 1. The predicted octanol–water partition coefficient (Wildman–Crippen LogP) is 2.51. The first-order valence-electron chi connectivity index (χ1n) is 16.3. The number of hydrogen-bond acceptors (Lipinski definition) is 10. The van der Waals surface area contributed by atoms with Crippen LogP contribution in [0.3, 0.4) is 0 Å². The number of carbonyl (C=O) groups excluding carboxylic acids is 4. The van der Waals surface area contributed by atoms with Gasteiger partial charge in [-0.3, -0.25) is 9.59 Å². The summed E-state index contributed by atoms with van der Waals surface area (Å²) in [6, 6.07) is 1.24. The number of amides is 6. The number of carboxylic acid groups (broad SMARTS) is 1. The van der Waals surface area contributed by atoms with E-state index in [0.717, 1.165) is 29.2 Å². The Morgan fingerprint density at radius 1 is 0.944 bits per heavy atom. The van der Waals surface area contributed by atoms with E-state index in [1.165, 1.54) is 15.9 Å². The second kappa shape index (κ2) is 14.9. The summed E-state index contributed by atoms with van der Waals surface area (Å²) in [6.07, 6.45) is 0.272. The molecule has 2 atom stereocenters. The lowest BCUT2D eigenvalue weighted by molar-refractivity contribution is -0.123. The van der Waals surface area contributed by atoms with Crippen molar-refractivity contribution in [1.29, 1.82) is 0 Å². The summed E-state index contributed by atoms with van der Waals surface area (Å²) >= 11 is 6.17. The number of fused-ring (bicyclic) bond motifs is 1. The zero-order valence-corrected chi connectivity index (χ0v) is 28.5. The molecule has 0 unspecified atom stereocenters. The third kappa shape index (κ3) is 7.21. The Hall–Kier alpha value is -5.89. The molecule has 3 heterocycles. The van der Waals surface area contributed by atoms with E-state index in [4.69, 9.17) is 16.3 Å². The lowest BCUT2D eigenvalue weighted by Gasteiger charge is -2.36. The Balaban J connectivity index is 1.17. The van der Waals surface area contributed by atoms with Crippen molar-refractivity contribution in [3.05, 3.63) is 81.1 Å². The molecular weight excluding hydrogens is 746 g/mol. The number of carboxylic acids is 1. The van der Waals surface area contributed by atoms with Crippen molar-refractivity contribution >= 4 is 48.6 Å². The summed E-state index contributed by atoms with van der Waals surface area (Å²) in [7, 11) is -1.95. The molecule has 21 heteroatoms. The SMILES string of the molecule is O=C(O)c1c(F)ccc2c1OB(O)[C@@H](NC(=O)[C@H](NC(=O)N1CCN(C3CCN(C(=O)c4cc(O)cc(F)c4)CC3)C1=O)c1cc(F)c(O)c(O)c1Cl)C2. The fraction of sp³-hybridized carbons (Fsp3) is 0.303. The van der Waals surface area contributed by atoms with E-state index in [0.29, 0.717) is 6.07 Å². The number of phenolic OH excluding ortho intramolecular Hbond substituents is 3. The van der Waals surface area contributed by atoms with Crippen LogP contribution in [0.15, 0.2) is 36.4 Å². The fourth-order valence-electron chi connectivity index (χ4n) is 6.69. The van der Waals surface area contributed by atoms with Gasteiger partial charge >= 0.3 is 25.1 Å². The molecule has 0 radical (unpaired) electrons. The number of piperidine rings is 1. The van der Waals surface area contributed by atoms with Crippen LogP contribution in [0.4, 0.5) is 22.8 Å². The Morgan fingerprint density at radius 3 is 2.31 bits per heavy atom. The van der Waals surface area contributed by atoms with Gasteiger partial charge in [0.25, 0.3) is 5.91 Å². The Kier molecular flexibility index (Phi) is 10.4. The number of benzene rings is 3. The lowest BCUT2D eigenvalue weighted by Crippen LogP contribution is -2.56. The number of phenols is 3. The van der Waals surface area contributed by atoms with Crippen molar-refractivity contribution in [1.82, 2.24) is 25.3 Å². The van der Waals surface area contributed by atoms with Crippen LogP contribution in [-0.4, -0.2) is 115 Å². The molecule has 3 aliphatic heterocycles. The third-order valence-electron chi connectivity index (χ3n) is 9.40. The first kappa shape index (κ1) is 37.9. The molecule has 284 valence electrons. The lowest BCUT2D eigenvalue weighted by atomic mass is 9.72. The number of aromatic carboxylic acids is 1. The maximum Gasteiger partial charge on any atom is 0.547 e. The van der Waals surface area contributed by atoms with Crippen LogP contribution in [0.5, 0.6) is 23.0 Å². The highest BCUT2D eigenvalue weighted by atomic mass is 35.5. The van der Waals surface area contributed by atoms with Crippen molar-refractivity contribution < 1.29 is 67.2 Å². The van der Waals surface area contributed by atoms with Crippen LogP contribution in [0.2, 0.25) is 5.02 Å². The minimum atomic E-state index is -1.99. The van der Waals surface area contributed by atoms with E-state index in [9.17, 15) is 62.6 Å². The minimum absolute atomic E-state index is 0.0513. The van der Waals surface area contributed by atoms with Crippen molar-refractivity contribution in [2.45, 2.75) is 37.3 Å². The Morgan fingerprint density at radius 2 is 1.65 bits per heavy atom. The largest absolute Gasteiger partial charge is 0.547 e. The molecule has 0 aromatic heterocycles. The molecular formula is C33H30BClF3N5O11. The van der Waals surface area contributed by atoms with Gasteiger partial charge in [-0.15, -0.1) is 0 Å². The van der Waals surface area contributed by atoms with E-state index < -0.39 is 112 Å². The summed E-state index contributed by atoms with van der Waals surface area (Å²) in [6.45, 7) is 0.221. The average Bonchev–Trinajstić information content (AvgIpc) is 3.51. The monoisotopic (exact) mass is 775 g/mol. The van der Waals surface area contributed by atoms with Gasteiger partial charge < -0.3 is 50.5 Å². The molecule has 7 N–H and O–H groups in total. The van der Waals surface area contributed by atoms with Crippen molar-refractivity contribution in [3.63, 3.8) is 0 Å². The second-order valence-electron chi connectivity index (χ2n) is 12.7. The second-order valence-corrected chi connectivity index (χ2v) is 13.1. The maximum absolute atomic E-state index is 14.7. The number of nitrogens with one attached hydrogen (secondary N) is 2. The van der Waals surface area contributed by atoms with Crippen LogP contribution in [0.1, 0.15) is 50.7 Å². The number of nitrogens with zero attached hydrogens (tertiary/aromatic N) is 3.